The molecule has 3 heterocycles. The van der Waals surface area contributed by atoms with E-state index in [2.05, 4.69) is 53.4 Å². The second-order valence-corrected chi connectivity index (χ2v) is 7.62. The van der Waals surface area contributed by atoms with Crippen molar-refractivity contribution in [3.8, 4) is 0 Å². The number of urea groups is 1. The van der Waals surface area contributed by atoms with Gasteiger partial charge in [-0.1, -0.05) is 18.2 Å². The zero-order valence-corrected chi connectivity index (χ0v) is 15.8. The number of fused-ring (bicyclic) bond motifs is 3. The Morgan fingerprint density at radius 3 is 2.85 bits per heavy atom. The van der Waals surface area contributed by atoms with Crippen molar-refractivity contribution in [1.29, 1.82) is 0 Å². The third-order valence-corrected chi connectivity index (χ3v) is 5.39. The van der Waals surface area contributed by atoms with Gasteiger partial charge in [0.1, 0.15) is 0 Å². The molecule has 1 atom stereocenters. The molecular weight excluding hydrogens is 326 g/mol. The third kappa shape index (κ3) is 3.04. The largest absolute Gasteiger partial charge is 0.366 e. The van der Waals surface area contributed by atoms with E-state index in [1.54, 1.807) is 0 Å². The molecule has 2 amide bonds. The van der Waals surface area contributed by atoms with Crippen molar-refractivity contribution >= 4 is 17.5 Å². The Morgan fingerprint density at radius 2 is 2.08 bits per heavy atom. The Morgan fingerprint density at radius 1 is 1.27 bits per heavy atom. The summed E-state index contributed by atoms with van der Waals surface area (Å²) >= 11 is 0. The van der Waals surface area contributed by atoms with Crippen LogP contribution in [0.5, 0.6) is 0 Å². The first kappa shape index (κ1) is 16.9. The highest BCUT2D eigenvalue weighted by Gasteiger charge is 2.33. The lowest BCUT2D eigenvalue weighted by Crippen LogP contribution is -2.43. The molecule has 6 heteroatoms. The monoisotopic (exact) mass is 353 g/mol. The van der Waals surface area contributed by atoms with Gasteiger partial charge in [0.15, 0.2) is 5.82 Å². The van der Waals surface area contributed by atoms with Crippen molar-refractivity contribution in [3.05, 3.63) is 41.6 Å². The number of hydrogen-bond acceptors (Lipinski definition) is 3. The van der Waals surface area contributed by atoms with Crippen molar-refractivity contribution in [2.45, 2.75) is 45.7 Å². The second-order valence-electron chi connectivity index (χ2n) is 7.62. The zero-order chi connectivity index (χ0) is 18.3. The molecular formula is C20H27N5O. The summed E-state index contributed by atoms with van der Waals surface area (Å²) in [6.45, 7) is 8.74. The molecule has 0 spiro atoms. The summed E-state index contributed by atoms with van der Waals surface area (Å²) in [6.07, 6.45) is 2.00. The van der Waals surface area contributed by atoms with E-state index < -0.39 is 0 Å². The number of hydrogen-bond donors (Lipinski definition) is 1. The van der Waals surface area contributed by atoms with Crippen molar-refractivity contribution in [1.82, 2.24) is 14.7 Å². The van der Waals surface area contributed by atoms with Crippen LogP contribution in [0, 0.1) is 6.92 Å². The minimum absolute atomic E-state index is 0.0452. The maximum Gasteiger partial charge on any atom is 0.323 e. The van der Waals surface area contributed by atoms with Gasteiger partial charge in [-0.15, -0.1) is 0 Å². The maximum absolute atomic E-state index is 12.8. The number of carbonyl (C=O) groups is 1. The number of anilines is 2. The third-order valence-electron chi connectivity index (χ3n) is 5.39. The summed E-state index contributed by atoms with van der Waals surface area (Å²) in [6, 6.07) is 11.2. The minimum atomic E-state index is -0.0452. The van der Waals surface area contributed by atoms with Crippen LogP contribution in [-0.2, 0) is 6.42 Å². The number of nitrogens with one attached hydrogen (secondary N) is 1. The van der Waals surface area contributed by atoms with Crippen LogP contribution in [0.3, 0.4) is 0 Å². The van der Waals surface area contributed by atoms with Gasteiger partial charge in [-0.25, -0.2) is 4.79 Å². The van der Waals surface area contributed by atoms with Gasteiger partial charge in [0.2, 0.25) is 0 Å². The molecule has 1 aromatic carbocycles. The Labute approximate surface area is 154 Å². The van der Waals surface area contributed by atoms with E-state index in [4.69, 9.17) is 0 Å². The molecule has 0 aliphatic carbocycles. The van der Waals surface area contributed by atoms with Crippen molar-refractivity contribution < 1.29 is 4.79 Å². The molecule has 0 unspecified atom stereocenters. The molecule has 1 N–H and O–H groups in total. The lowest BCUT2D eigenvalue weighted by molar-refractivity contribution is 0.211. The van der Waals surface area contributed by atoms with Crippen molar-refractivity contribution in [2.75, 3.05) is 29.9 Å². The van der Waals surface area contributed by atoms with Gasteiger partial charge >= 0.3 is 6.03 Å². The molecule has 1 fully saturated rings. The van der Waals surface area contributed by atoms with Gasteiger partial charge in [-0.3, -0.25) is 10.00 Å². The molecule has 1 saturated heterocycles. The highest BCUT2D eigenvalue weighted by atomic mass is 16.2. The van der Waals surface area contributed by atoms with E-state index in [9.17, 15) is 4.79 Å². The number of benzene rings is 1. The normalized spacial score (nSPS) is 19.3. The Bertz CT molecular complexity index is 812. The van der Waals surface area contributed by atoms with E-state index in [1.165, 1.54) is 11.3 Å². The van der Waals surface area contributed by atoms with Gasteiger partial charge in [0.05, 0.1) is 6.04 Å². The smallest absolute Gasteiger partial charge is 0.323 e. The molecule has 0 radical (unpaired) electrons. The van der Waals surface area contributed by atoms with Gasteiger partial charge in [-0.05, 0) is 45.2 Å². The van der Waals surface area contributed by atoms with Crippen molar-refractivity contribution in [3.63, 3.8) is 0 Å². The van der Waals surface area contributed by atoms with E-state index in [0.717, 1.165) is 38.2 Å². The quantitative estimate of drug-likeness (QED) is 0.900. The lowest BCUT2D eigenvalue weighted by atomic mass is 10.1. The Kier molecular flexibility index (Phi) is 4.34. The fourth-order valence-corrected chi connectivity index (χ4v) is 4.21. The highest BCUT2D eigenvalue weighted by molar-refractivity contribution is 5.88. The first-order valence-corrected chi connectivity index (χ1v) is 9.49. The Balaban J connectivity index is 1.46. The van der Waals surface area contributed by atoms with Gasteiger partial charge in [0.25, 0.3) is 0 Å². The summed E-state index contributed by atoms with van der Waals surface area (Å²) in [4.78, 5) is 17.2. The number of carbonyl (C=O) groups excluding carboxylic acids is 1. The first-order valence-electron chi connectivity index (χ1n) is 9.49. The van der Waals surface area contributed by atoms with Crippen LogP contribution in [-0.4, -0.2) is 46.4 Å². The van der Waals surface area contributed by atoms with E-state index >= 15 is 0 Å². The van der Waals surface area contributed by atoms with Crippen LogP contribution in [0.2, 0.25) is 0 Å². The molecule has 26 heavy (non-hydrogen) atoms. The minimum Gasteiger partial charge on any atom is -0.366 e. The zero-order valence-electron chi connectivity index (χ0n) is 15.8. The SMILES string of the molecule is Cc1cc(NC(=O)N2CCCN3c4ccccc4C[C@@H]3C2)nn1C(C)C. The average Bonchev–Trinajstić information content (AvgIpc) is 3.06. The van der Waals surface area contributed by atoms with Crippen LogP contribution in [0.4, 0.5) is 16.3 Å². The fourth-order valence-electron chi connectivity index (χ4n) is 4.21. The standard InChI is InChI=1S/C20H27N5O/c1-14(2)25-15(3)11-19(22-25)21-20(26)23-9-6-10-24-17(13-23)12-16-7-4-5-8-18(16)24/h4-5,7-8,11,14,17H,6,9-10,12-13H2,1-3H3,(H,21,22,26)/t17-/m1/s1. The molecule has 0 saturated carbocycles. The molecule has 6 nitrogen and oxygen atoms in total. The fraction of sp³-hybridized carbons (Fsp3) is 0.500. The topological polar surface area (TPSA) is 53.4 Å². The van der Waals surface area contributed by atoms with Crippen LogP contribution in [0.15, 0.2) is 30.3 Å². The van der Waals surface area contributed by atoms with E-state index in [1.807, 2.05) is 22.6 Å². The second kappa shape index (κ2) is 6.67. The van der Waals surface area contributed by atoms with E-state index in [-0.39, 0.29) is 12.1 Å². The number of aryl methyl sites for hydroxylation is 1. The molecule has 138 valence electrons. The maximum atomic E-state index is 12.8. The van der Waals surface area contributed by atoms with Crippen LogP contribution in [0.25, 0.3) is 0 Å². The predicted octanol–water partition coefficient (Wildman–Crippen LogP) is 3.44. The summed E-state index contributed by atoms with van der Waals surface area (Å²) in [7, 11) is 0. The van der Waals surface area contributed by atoms with Gasteiger partial charge in [0, 0.05) is 43.1 Å². The predicted molar refractivity (Wildman–Crippen MR) is 104 cm³/mol. The van der Waals surface area contributed by atoms with Crippen LogP contribution >= 0.6 is 0 Å². The van der Waals surface area contributed by atoms with Crippen LogP contribution in [0.1, 0.15) is 37.6 Å². The lowest BCUT2D eigenvalue weighted by Gasteiger charge is -2.27. The van der Waals surface area contributed by atoms with Crippen molar-refractivity contribution in [2.24, 2.45) is 0 Å². The van der Waals surface area contributed by atoms with Gasteiger partial charge in [-0.2, -0.15) is 5.10 Å². The van der Waals surface area contributed by atoms with Crippen LogP contribution < -0.4 is 10.2 Å². The molecule has 2 aliphatic heterocycles. The highest BCUT2D eigenvalue weighted by Crippen LogP contribution is 2.33. The number of nitrogens with zero attached hydrogens (tertiary/aromatic N) is 4. The molecule has 2 aromatic rings. The molecule has 4 rings (SSSR count). The number of amides is 2. The average molecular weight is 353 g/mol. The summed E-state index contributed by atoms with van der Waals surface area (Å²) < 4.78 is 1.94. The summed E-state index contributed by atoms with van der Waals surface area (Å²) in [5.41, 5.74) is 3.79. The molecule has 2 aliphatic rings. The molecule has 1 aromatic heterocycles. The first-order chi connectivity index (χ1) is 12.5. The van der Waals surface area contributed by atoms with Gasteiger partial charge < -0.3 is 9.80 Å². The number of aromatic nitrogens is 2. The molecule has 0 bridgehead atoms. The number of rotatable bonds is 2. The number of para-hydroxylation sites is 1. The summed E-state index contributed by atoms with van der Waals surface area (Å²) in [5.74, 6) is 0.636. The Hall–Kier alpha value is -2.50. The summed E-state index contributed by atoms with van der Waals surface area (Å²) in [5, 5.41) is 7.51. The van der Waals surface area contributed by atoms with E-state index in [0.29, 0.717) is 11.9 Å².